The van der Waals surface area contributed by atoms with Gasteiger partial charge in [-0.2, -0.15) is 4.31 Å². The summed E-state index contributed by atoms with van der Waals surface area (Å²) in [6.07, 6.45) is 1.23. The number of ether oxygens (including phenoxy) is 1. The van der Waals surface area contributed by atoms with Crippen molar-refractivity contribution in [1.29, 1.82) is 0 Å². The van der Waals surface area contributed by atoms with Gasteiger partial charge in [0.2, 0.25) is 10.0 Å². The van der Waals surface area contributed by atoms with Crippen molar-refractivity contribution < 1.29 is 13.2 Å². The quantitative estimate of drug-likeness (QED) is 0.603. The van der Waals surface area contributed by atoms with Gasteiger partial charge in [0.15, 0.2) is 5.82 Å². The predicted molar refractivity (Wildman–Crippen MR) is 66.6 cm³/mol. The highest BCUT2D eigenvalue weighted by Crippen LogP contribution is 2.24. The highest BCUT2D eigenvalue weighted by molar-refractivity contribution is 7.89. The number of aromatic nitrogens is 1. The molecule has 2 rings (SSSR count). The van der Waals surface area contributed by atoms with Crippen LogP contribution in [0.2, 0.25) is 5.02 Å². The van der Waals surface area contributed by atoms with Crippen molar-refractivity contribution >= 4 is 27.4 Å². The van der Waals surface area contributed by atoms with Gasteiger partial charge in [0.25, 0.3) is 0 Å². The molecule has 0 radical (unpaired) electrons. The fraction of sp³-hybridized carbons (Fsp3) is 0.444. The van der Waals surface area contributed by atoms with Crippen molar-refractivity contribution in [2.45, 2.75) is 4.90 Å². The summed E-state index contributed by atoms with van der Waals surface area (Å²) in [5.41, 5.74) is 2.28. The van der Waals surface area contributed by atoms with Crippen LogP contribution in [0, 0.1) is 0 Å². The number of halogens is 1. The molecule has 1 aromatic heterocycles. The van der Waals surface area contributed by atoms with Crippen molar-refractivity contribution in [3.8, 4) is 0 Å². The molecule has 0 aromatic carbocycles. The molecule has 0 amide bonds. The Morgan fingerprint density at radius 2 is 2.11 bits per heavy atom. The van der Waals surface area contributed by atoms with Crippen LogP contribution in [0.3, 0.4) is 0 Å². The first-order chi connectivity index (χ1) is 8.55. The summed E-state index contributed by atoms with van der Waals surface area (Å²) in [5.74, 6) is 5.41. The van der Waals surface area contributed by atoms with Gasteiger partial charge in [-0.3, -0.25) is 0 Å². The predicted octanol–water partition coefficient (Wildman–Crippen LogP) is 0.0415. The van der Waals surface area contributed by atoms with Crippen molar-refractivity contribution in [1.82, 2.24) is 9.29 Å². The first kappa shape index (κ1) is 13.5. The average molecular weight is 293 g/mol. The Balaban J connectivity index is 2.32. The zero-order valence-electron chi connectivity index (χ0n) is 9.47. The Hall–Kier alpha value is -0.930. The van der Waals surface area contributed by atoms with E-state index in [0.717, 1.165) is 0 Å². The number of nitrogens with zero attached hydrogens (tertiary/aromatic N) is 2. The summed E-state index contributed by atoms with van der Waals surface area (Å²) in [4.78, 5) is 3.90. The largest absolute Gasteiger partial charge is 0.379 e. The first-order valence-corrected chi connectivity index (χ1v) is 7.07. The molecule has 1 saturated heterocycles. The van der Waals surface area contributed by atoms with Gasteiger partial charge in [-0.25, -0.2) is 19.2 Å². The average Bonchev–Trinajstić information content (AvgIpc) is 2.39. The maximum absolute atomic E-state index is 12.3. The fourth-order valence-electron chi connectivity index (χ4n) is 1.60. The fourth-order valence-corrected chi connectivity index (χ4v) is 3.27. The number of pyridine rings is 1. The van der Waals surface area contributed by atoms with Gasteiger partial charge in [-0.15, -0.1) is 0 Å². The van der Waals surface area contributed by atoms with Crippen LogP contribution >= 0.6 is 11.6 Å². The summed E-state index contributed by atoms with van der Waals surface area (Å²) in [6.45, 7) is 1.44. The zero-order chi connectivity index (χ0) is 13.2. The molecule has 3 N–H and O–H groups in total. The lowest BCUT2D eigenvalue weighted by molar-refractivity contribution is 0.0730. The number of nitrogens with one attached hydrogen (secondary N) is 1. The molecular weight excluding hydrogens is 280 g/mol. The molecule has 100 valence electrons. The van der Waals surface area contributed by atoms with Crippen LogP contribution in [0.1, 0.15) is 0 Å². The van der Waals surface area contributed by atoms with Crippen LogP contribution < -0.4 is 11.3 Å². The van der Waals surface area contributed by atoms with E-state index >= 15 is 0 Å². The second-order valence-corrected chi connectivity index (χ2v) is 6.01. The highest BCUT2D eigenvalue weighted by Gasteiger charge is 2.27. The minimum Gasteiger partial charge on any atom is -0.379 e. The molecule has 7 nitrogen and oxygen atoms in total. The maximum Gasteiger partial charge on any atom is 0.244 e. The van der Waals surface area contributed by atoms with Crippen molar-refractivity contribution in [2.75, 3.05) is 31.7 Å². The monoisotopic (exact) mass is 292 g/mol. The molecule has 1 aliphatic rings. The van der Waals surface area contributed by atoms with E-state index in [1.54, 1.807) is 0 Å². The van der Waals surface area contributed by atoms with Crippen LogP contribution in [0.15, 0.2) is 17.2 Å². The molecule has 0 saturated carbocycles. The lowest BCUT2D eigenvalue weighted by Gasteiger charge is -2.26. The molecule has 1 aromatic rings. The highest BCUT2D eigenvalue weighted by atomic mass is 35.5. The third-order valence-corrected chi connectivity index (χ3v) is 4.71. The number of hydrazine groups is 1. The third-order valence-electron chi connectivity index (χ3n) is 2.56. The Kier molecular flexibility index (Phi) is 4.03. The minimum absolute atomic E-state index is 0.0494. The Bertz CT molecular complexity index is 531. The molecule has 1 fully saturated rings. The van der Waals surface area contributed by atoms with E-state index in [4.69, 9.17) is 22.2 Å². The van der Waals surface area contributed by atoms with E-state index < -0.39 is 10.0 Å². The van der Waals surface area contributed by atoms with Crippen LogP contribution in [0.25, 0.3) is 0 Å². The van der Waals surface area contributed by atoms with Gasteiger partial charge in [-0.1, -0.05) is 11.6 Å². The molecular formula is C9H13ClN4O3S. The summed E-state index contributed by atoms with van der Waals surface area (Å²) < 4.78 is 31.0. The van der Waals surface area contributed by atoms with Crippen molar-refractivity contribution in [2.24, 2.45) is 5.84 Å². The number of hydrogen-bond acceptors (Lipinski definition) is 6. The standard InChI is InChI=1S/C9H13ClN4O3S/c10-8-5-7(6-12-9(8)13-11)18(15,16)14-1-3-17-4-2-14/h5-6H,1-4,11H2,(H,12,13). The first-order valence-electron chi connectivity index (χ1n) is 5.26. The van der Waals surface area contributed by atoms with Gasteiger partial charge in [0.1, 0.15) is 4.90 Å². The number of nitrogen functional groups attached to an aromatic ring is 1. The minimum atomic E-state index is -3.57. The lowest BCUT2D eigenvalue weighted by Crippen LogP contribution is -2.40. The molecule has 0 bridgehead atoms. The number of anilines is 1. The zero-order valence-corrected chi connectivity index (χ0v) is 11.0. The second kappa shape index (κ2) is 5.37. The molecule has 1 aliphatic heterocycles. The van der Waals surface area contributed by atoms with Crippen LogP contribution in [0.4, 0.5) is 5.82 Å². The molecule has 0 atom stereocenters. The molecule has 18 heavy (non-hydrogen) atoms. The topological polar surface area (TPSA) is 97.5 Å². The Morgan fingerprint density at radius 3 is 2.67 bits per heavy atom. The Labute approximate surface area is 110 Å². The van der Waals surface area contributed by atoms with Gasteiger partial charge in [-0.05, 0) is 6.07 Å². The van der Waals surface area contributed by atoms with E-state index in [-0.39, 0.29) is 15.7 Å². The smallest absolute Gasteiger partial charge is 0.244 e. The normalized spacial score (nSPS) is 17.7. The molecule has 0 aliphatic carbocycles. The van der Waals surface area contributed by atoms with Crippen molar-refractivity contribution in [3.63, 3.8) is 0 Å². The molecule has 0 unspecified atom stereocenters. The van der Waals surface area contributed by atoms with Gasteiger partial charge in [0.05, 0.1) is 18.2 Å². The third kappa shape index (κ3) is 2.57. The number of morpholine rings is 1. The van der Waals surface area contributed by atoms with E-state index in [9.17, 15) is 8.42 Å². The van der Waals surface area contributed by atoms with Gasteiger partial charge in [0, 0.05) is 19.3 Å². The van der Waals surface area contributed by atoms with Gasteiger partial charge >= 0.3 is 0 Å². The maximum atomic E-state index is 12.3. The van der Waals surface area contributed by atoms with E-state index in [1.807, 2.05) is 0 Å². The van der Waals surface area contributed by atoms with E-state index in [0.29, 0.717) is 26.3 Å². The van der Waals surface area contributed by atoms with Gasteiger partial charge < -0.3 is 10.2 Å². The SMILES string of the molecule is NNc1ncc(S(=O)(=O)N2CCOCC2)cc1Cl. The second-order valence-electron chi connectivity index (χ2n) is 3.66. The number of sulfonamides is 1. The lowest BCUT2D eigenvalue weighted by atomic mass is 10.5. The van der Waals surface area contributed by atoms with Crippen LogP contribution in [-0.2, 0) is 14.8 Å². The van der Waals surface area contributed by atoms with Crippen molar-refractivity contribution in [3.05, 3.63) is 17.3 Å². The summed E-state index contributed by atoms with van der Waals surface area (Å²) in [5, 5.41) is 0.159. The van der Waals surface area contributed by atoms with Crippen LogP contribution in [0.5, 0.6) is 0 Å². The van der Waals surface area contributed by atoms with E-state index in [2.05, 4.69) is 10.4 Å². The molecule has 2 heterocycles. The number of hydrogen-bond donors (Lipinski definition) is 2. The number of rotatable bonds is 3. The Morgan fingerprint density at radius 1 is 1.44 bits per heavy atom. The number of nitrogens with two attached hydrogens (primary N) is 1. The summed E-state index contributed by atoms with van der Waals surface area (Å²) >= 11 is 5.86. The molecule has 9 heteroatoms. The summed E-state index contributed by atoms with van der Waals surface area (Å²) in [7, 11) is -3.57. The van der Waals surface area contributed by atoms with Crippen LogP contribution in [-0.4, -0.2) is 44.0 Å². The molecule has 0 spiro atoms. The van der Waals surface area contributed by atoms with E-state index in [1.165, 1.54) is 16.6 Å². The summed E-state index contributed by atoms with van der Waals surface area (Å²) in [6, 6.07) is 1.33.